The Morgan fingerprint density at radius 1 is 1.10 bits per heavy atom. The molecule has 2 atom stereocenters. The predicted octanol–water partition coefficient (Wildman–Crippen LogP) is 2.22. The van der Waals surface area contributed by atoms with Crippen LogP contribution in [-0.2, 0) is 4.74 Å². The molecule has 0 radical (unpaired) electrons. The van der Waals surface area contributed by atoms with Gasteiger partial charge in [-0.15, -0.1) is 23.2 Å². The molecule has 0 aromatic rings. The first-order valence-corrected chi connectivity index (χ1v) is 4.38. The second-order valence-corrected chi connectivity index (χ2v) is 4.96. The molecule has 1 saturated carbocycles. The second kappa shape index (κ2) is 2.26. The van der Waals surface area contributed by atoms with E-state index in [0.717, 1.165) is 26.1 Å². The van der Waals surface area contributed by atoms with Crippen LogP contribution in [-0.4, -0.2) is 17.5 Å². The fourth-order valence-electron chi connectivity index (χ4n) is 1.94. The standard InChI is InChI=1S/C7H10Cl2O/c8-7(9)1-5-3-10-4-6(5)2-7/h5-6H,1-4H2. The van der Waals surface area contributed by atoms with Gasteiger partial charge in [-0.05, 0) is 24.7 Å². The van der Waals surface area contributed by atoms with Gasteiger partial charge < -0.3 is 4.74 Å². The number of halogens is 2. The summed E-state index contributed by atoms with van der Waals surface area (Å²) in [5.74, 6) is 1.27. The van der Waals surface area contributed by atoms with Gasteiger partial charge in [0.25, 0.3) is 0 Å². The van der Waals surface area contributed by atoms with Gasteiger partial charge in [0.1, 0.15) is 4.33 Å². The van der Waals surface area contributed by atoms with E-state index >= 15 is 0 Å². The highest BCUT2D eigenvalue weighted by Crippen LogP contribution is 2.48. The van der Waals surface area contributed by atoms with Crippen LogP contribution in [0.1, 0.15) is 12.8 Å². The van der Waals surface area contributed by atoms with Crippen LogP contribution in [0.3, 0.4) is 0 Å². The van der Waals surface area contributed by atoms with E-state index in [1.807, 2.05) is 0 Å². The number of rotatable bonds is 0. The first kappa shape index (κ1) is 7.20. The molecule has 1 nitrogen and oxygen atoms in total. The number of hydrogen-bond acceptors (Lipinski definition) is 1. The lowest BCUT2D eigenvalue weighted by Gasteiger charge is -2.11. The molecule has 1 heterocycles. The minimum Gasteiger partial charge on any atom is -0.381 e. The highest BCUT2D eigenvalue weighted by Gasteiger charge is 2.45. The molecule has 2 fully saturated rings. The summed E-state index contributed by atoms with van der Waals surface area (Å²) in [6.45, 7) is 1.73. The van der Waals surface area contributed by atoms with Crippen molar-refractivity contribution in [3.8, 4) is 0 Å². The van der Waals surface area contributed by atoms with Crippen molar-refractivity contribution in [2.45, 2.75) is 17.2 Å². The highest BCUT2D eigenvalue weighted by molar-refractivity contribution is 6.48. The molecule has 1 saturated heterocycles. The third-order valence-corrected chi connectivity index (χ3v) is 3.07. The van der Waals surface area contributed by atoms with Gasteiger partial charge in [-0.25, -0.2) is 0 Å². The van der Waals surface area contributed by atoms with Crippen molar-refractivity contribution in [2.75, 3.05) is 13.2 Å². The first-order valence-electron chi connectivity index (χ1n) is 3.63. The van der Waals surface area contributed by atoms with Crippen molar-refractivity contribution < 1.29 is 4.74 Å². The maximum Gasteiger partial charge on any atom is 0.119 e. The van der Waals surface area contributed by atoms with Crippen molar-refractivity contribution in [1.82, 2.24) is 0 Å². The Hall–Kier alpha value is 0.540. The van der Waals surface area contributed by atoms with E-state index in [2.05, 4.69) is 0 Å². The van der Waals surface area contributed by atoms with Gasteiger partial charge in [-0.2, -0.15) is 0 Å². The summed E-state index contributed by atoms with van der Waals surface area (Å²) in [5.41, 5.74) is 0. The molecule has 1 aliphatic carbocycles. The van der Waals surface area contributed by atoms with E-state index in [4.69, 9.17) is 27.9 Å². The molecule has 2 aliphatic rings. The number of ether oxygens (including phenoxy) is 1. The molecule has 0 aromatic heterocycles. The van der Waals surface area contributed by atoms with Crippen molar-refractivity contribution >= 4 is 23.2 Å². The topological polar surface area (TPSA) is 9.23 Å². The van der Waals surface area contributed by atoms with Crippen LogP contribution in [0, 0.1) is 11.8 Å². The maximum absolute atomic E-state index is 5.98. The average molecular weight is 181 g/mol. The van der Waals surface area contributed by atoms with Crippen LogP contribution >= 0.6 is 23.2 Å². The molecular formula is C7H10Cl2O. The predicted molar refractivity (Wildman–Crippen MR) is 41.5 cm³/mol. The summed E-state index contributed by atoms with van der Waals surface area (Å²) >= 11 is 12.0. The zero-order chi connectivity index (χ0) is 7.19. The van der Waals surface area contributed by atoms with E-state index in [1.54, 1.807) is 0 Å². The number of hydrogen-bond donors (Lipinski definition) is 0. The fourth-order valence-corrected chi connectivity index (χ4v) is 2.74. The molecule has 58 valence electrons. The van der Waals surface area contributed by atoms with Crippen molar-refractivity contribution in [1.29, 1.82) is 0 Å². The average Bonchev–Trinajstić information content (AvgIpc) is 2.20. The van der Waals surface area contributed by atoms with E-state index < -0.39 is 4.33 Å². The van der Waals surface area contributed by atoms with Gasteiger partial charge in [0.05, 0.1) is 0 Å². The van der Waals surface area contributed by atoms with E-state index in [1.165, 1.54) is 0 Å². The van der Waals surface area contributed by atoms with Crippen LogP contribution in [0.2, 0.25) is 0 Å². The molecule has 0 spiro atoms. The first-order chi connectivity index (χ1) is 4.67. The van der Waals surface area contributed by atoms with Gasteiger partial charge in [0, 0.05) is 13.2 Å². The Kier molecular flexibility index (Phi) is 1.63. The van der Waals surface area contributed by atoms with Gasteiger partial charge in [0.2, 0.25) is 0 Å². The summed E-state index contributed by atoms with van der Waals surface area (Å²) < 4.78 is 4.84. The molecule has 0 bridgehead atoms. The third kappa shape index (κ3) is 1.15. The molecule has 2 unspecified atom stereocenters. The number of fused-ring (bicyclic) bond motifs is 1. The lowest BCUT2D eigenvalue weighted by Crippen LogP contribution is -2.09. The fraction of sp³-hybridized carbons (Fsp3) is 1.00. The molecule has 0 aromatic carbocycles. The normalized spacial score (nSPS) is 43.8. The van der Waals surface area contributed by atoms with Crippen molar-refractivity contribution in [3.63, 3.8) is 0 Å². The van der Waals surface area contributed by atoms with E-state index in [0.29, 0.717) is 11.8 Å². The maximum atomic E-state index is 5.98. The van der Waals surface area contributed by atoms with Crippen LogP contribution < -0.4 is 0 Å². The zero-order valence-corrected chi connectivity index (χ0v) is 7.16. The minimum absolute atomic E-state index is 0.445. The van der Waals surface area contributed by atoms with E-state index in [9.17, 15) is 0 Å². The molecule has 0 N–H and O–H groups in total. The zero-order valence-electron chi connectivity index (χ0n) is 5.65. The van der Waals surface area contributed by atoms with Gasteiger partial charge in [-0.3, -0.25) is 0 Å². The van der Waals surface area contributed by atoms with Gasteiger partial charge in [-0.1, -0.05) is 0 Å². The summed E-state index contributed by atoms with van der Waals surface area (Å²) in [6, 6.07) is 0. The van der Waals surface area contributed by atoms with Crippen LogP contribution in [0.25, 0.3) is 0 Å². The third-order valence-electron chi connectivity index (χ3n) is 2.45. The molecular weight excluding hydrogens is 171 g/mol. The Labute approximate surface area is 70.6 Å². The lowest BCUT2D eigenvalue weighted by atomic mass is 10.0. The molecule has 10 heavy (non-hydrogen) atoms. The Morgan fingerprint density at radius 2 is 1.60 bits per heavy atom. The Bertz CT molecular complexity index is 133. The lowest BCUT2D eigenvalue weighted by molar-refractivity contribution is 0.172. The molecule has 0 amide bonds. The smallest absolute Gasteiger partial charge is 0.119 e. The summed E-state index contributed by atoms with van der Waals surface area (Å²) in [5, 5.41) is 0. The van der Waals surface area contributed by atoms with Crippen molar-refractivity contribution in [3.05, 3.63) is 0 Å². The highest BCUT2D eigenvalue weighted by atomic mass is 35.5. The van der Waals surface area contributed by atoms with Gasteiger partial charge in [0.15, 0.2) is 0 Å². The summed E-state index contributed by atoms with van der Waals surface area (Å²) in [7, 11) is 0. The SMILES string of the molecule is ClC1(Cl)CC2COCC2C1. The molecule has 2 rings (SSSR count). The second-order valence-electron chi connectivity index (χ2n) is 3.32. The van der Waals surface area contributed by atoms with Gasteiger partial charge >= 0.3 is 0 Å². The Morgan fingerprint density at radius 3 is 2.10 bits per heavy atom. The van der Waals surface area contributed by atoms with Crippen LogP contribution in [0.4, 0.5) is 0 Å². The monoisotopic (exact) mass is 180 g/mol. The minimum atomic E-state index is -0.445. The largest absolute Gasteiger partial charge is 0.381 e. The van der Waals surface area contributed by atoms with Crippen LogP contribution in [0.15, 0.2) is 0 Å². The number of alkyl halides is 2. The summed E-state index contributed by atoms with van der Waals surface area (Å²) in [6.07, 6.45) is 1.83. The van der Waals surface area contributed by atoms with Crippen molar-refractivity contribution in [2.24, 2.45) is 11.8 Å². The quantitative estimate of drug-likeness (QED) is 0.520. The summed E-state index contributed by atoms with van der Waals surface area (Å²) in [4.78, 5) is 0. The Balaban J connectivity index is 2.07. The van der Waals surface area contributed by atoms with E-state index in [-0.39, 0.29) is 0 Å². The molecule has 3 heteroatoms. The molecule has 1 aliphatic heterocycles. The van der Waals surface area contributed by atoms with Crippen LogP contribution in [0.5, 0.6) is 0 Å².